The molecule has 4 aromatic rings. The highest BCUT2D eigenvalue weighted by Gasteiger charge is 2.22. The Bertz CT molecular complexity index is 1570. The minimum absolute atomic E-state index is 0.0157. The first kappa shape index (κ1) is 28.5. The number of halogens is 2. The van der Waals surface area contributed by atoms with Crippen molar-refractivity contribution in [3.05, 3.63) is 100 Å². The Balaban J connectivity index is 1.11. The van der Waals surface area contributed by atoms with Gasteiger partial charge in [0.25, 0.3) is 11.8 Å². The molecule has 2 amide bonds. The third kappa shape index (κ3) is 6.82. The number of methoxy groups -OCH3 is 1. The van der Waals surface area contributed by atoms with E-state index in [2.05, 4.69) is 15.5 Å². The van der Waals surface area contributed by atoms with Crippen LogP contribution in [-0.4, -0.2) is 55.1 Å². The summed E-state index contributed by atoms with van der Waals surface area (Å²) in [5, 5.41) is 6.70. The largest absolute Gasteiger partial charge is 0.497 e. The molecule has 1 fully saturated rings. The number of hydrogen-bond acceptors (Lipinski definition) is 6. The van der Waals surface area contributed by atoms with E-state index in [4.69, 9.17) is 44.6 Å². The number of thiocarbonyl (C=S) groups is 1. The van der Waals surface area contributed by atoms with Crippen LogP contribution in [0.15, 0.2) is 83.3 Å². The van der Waals surface area contributed by atoms with Crippen molar-refractivity contribution in [3.8, 4) is 17.1 Å². The molecule has 0 bridgehead atoms. The van der Waals surface area contributed by atoms with E-state index in [0.717, 1.165) is 30.2 Å². The molecule has 1 aromatic heterocycles. The van der Waals surface area contributed by atoms with Crippen molar-refractivity contribution >= 4 is 63.7 Å². The standard InChI is InChI=1S/C30H26Cl2N4O4S/c1-39-23-9-2-19(3-10-23)29(38)36-16-14-35(15-17-36)22-7-5-21(6-8-22)33-30(41)34-28(37)27-13-12-26(40-27)24-11-4-20(31)18-25(24)32/h2-13,18H,14-17H2,1H3,(H2,33,34,37,41). The van der Waals surface area contributed by atoms with Crippen molar-refractivity contribution in [2.75, 3.05) is 43.5 Å². The molecule has 11 heteroatoms. The van der Waals surface area contributed by atoms with E-state index in [1.165, 1.54) is 0 Å². The summed E-state index contributed by atoms with van der Waals surface area (Å²) in [5.74, 6) is 0.784. The second-order valence-electron chi connectivity index (χ2n) is 9.25. The van der Waals surface area contributed by atoms with Crippen LogP contribution in [0.5, 0.6) is 5.75 Å². The van der Waals surface area contributed by atoms with Gasteiger partial charge in [-0.15, -0.1) is 0 Å². The summed E-state index contributed by atoms with van der Waals surface area (Å²) in [6, 6.07) is 23.1. The zero-order chi connectivity index (χ0) is 28.9. The highest BCUT2D eigenvalue weighted by molar-refractivity contribution is 7.80. The zero-order valence-corrected chi connectivity index (χ0v) is 24.4. The number of nitrogens with zero attached hydrogens (tertiary/aromatic N) is 2. The van der Waals surface area contributed by atoms with Gasteiger partial charge in [0.2, 0.25) is 0 Å². The van der Waals surface area contributed by atoms with E-state index < -0.39 is 5.91 Å². The second-order valence-corrected chi connectivity index (χ2v) is 10.5. The van der Waals surface area contributed by atoms with E-state index in [1.54, 1.807) is 61.7 Å². The van der Waals surface area contributed by atoms with Gasteiger partial charge >= 0.3 is 0 Å². The highest BCUT2D eigenvalue weighted by Crippen LogP contribution is 2.31. The highest BCUT2D eigenvalue weighted by atomic mass is 35.5. The van der Waals surface area contributed by atoms with Crippen molar-refractivity contribution in [1.29, 1.82) is 0 Å². The molecular weight excluding hydrogens is 583 g/mol. The summed E-state index contributed by atoms with van der Waals surface area (Å²) >= 11 is 17.5. The van der Waals surface area contributed by atoms with Crippen LogP contribution in [0.1, 0.15) is 20.9 Å². The number of anilines is 2. The molecule has 0 radical (unpaired) electrons. The molecule has 1 aliphatic heterocycles. The van der Waals surface area contributed by atoms with Gasteiger partial charge in [0.15, 0.2) is 10.9 Å². The smallest absolute Gasteiger partial charge is 0.293 e. The molecule has 3 aromatic carbocycles. The van der Waals surface area contributed by atoms with Gasteiger partial charge < -0.3 is 24.3 Å². The fraction of sp³-hybridized carbons (Fsp3) is 0.167. The van der Waals surface area contributed by atoms with Crippen LogP contribution in [0.25, 0.3) is 11.3 Å². The molecule has 1 aliphatic rings. The maximum Gasteiger partial charge on any atom is 0.293 e. The summed E-state index contributed by atoms with van der Waals surface area (Å²) in [6.07, 6.45) is 0. The Morgan fingerprint density at radius 3 is 2.27 bits per heavy atom. The molecule has 210 valence electrons. The Hall–Kier alpha value is -4.05. The van der Waals surface area contributed by atoms with E-state index in [1.807, 2.05) is 29.2 Å². The molecule has 0 atom stereocenters. The number of nitrogens with one attached hydrogen (secondary N) is 2. The lowest BCUT2D eigenvalue weighted by atomic mass is 10.1. The Morgan fingerprint density at radius 1 is 0.902 bits per heavy atom. The molecule has 0 unspecified atom stereocenters. The van der Waals surface area contributed by atoms with Crippen molar-refractivity contribution in [1.82, 2.24) is 10.2 Å². The number of benzene rings is 3. The number of furan rings is 1. The van der Waals surface area contributed by atoms with Crippen molar-refractivity contribution in [2.45, 2.75) is 0 Å². The Morgan fingerprint density at radius 2 is 1.61 bits per heavy atom. The van der Waals surface area contributed by atoms with Gasteiger partial charge in [-0.05, 0) is 91.1 Å². The average Bonchev–Trinajstić information content (AvgIpc) is 3.48. The zero-order valence-electron chi connectivity index (χ0n) is 22.0. The quantitative estimate of drug-likeness (QED) is 0.247. The second kappa shape index (κ2) is 12.6. The SMILES string of the molecule is COc1ccc(C(=O)N2CCN(c3ccc(NC(=S)NC(=O)c4ccc(-c5ccc(Cl)cc5Cl)o4)cc3)CC2)cc1. The lowest BCUT2D eigenvalue weighted by Gasteiger charge is -2.36. The first-order valence-corrected chi connectivity index (χ1v) is 13.9. The maximum absolute atomic E-state index is 12.8. The third-order valence-corrected chi connectivity index (χ3v) is 7.40. The minimum Gasteiger partial charge on any atom is -0.497 e. The van der Waals surface area contributed by atoms with Crippen LogP contribution in [0.4, 0.5) is 11.4 Å². The van der Waals surface area contributed by atoms with Gasteiger partial charge in [-0.1, -0.05) is 23.2 Å². The Labute approximate surface area is 252 Å². The lowest BCUT2D eigenvalue weighted by molar-refractivity contribution is 0.0746. The molecule has 0 saturated carbocycles. The van der Waals surface area contributed by atoms with Gasteiger partial charge in [0.05, 0.1) is 12.1 Å². The topological polar surface area (TPSA) is 87.0 Å². The van der Waals surface area contributed by atoms with Crippen molar-refractivity contribution < 1.29 is 18.7 Å². The number of rotatable bonds is 6. The lowest BCUT2D eigenvalue weighted by Crippen LogP contribution is -2.48. The molecule has 2 N–H and O–H groups in total. The van der Waals surface area contributed by atoms with E-state index in [0.29, 0.717) is 40.0 Å². The van der Waals surface area contributed by atoms with Crippen LogP contribution in [-0.2, 0) is 0 Å². The summed E-state index contributed by atoms with van der Waals surface area (Å²) in [4.78, 5) is 29.6. The fourth-order valence-corrected chi connectivity index (χ4v) is 5.17. The number of hydrogen-bond donors (Lipinski definition) is 2. The van der Waals surface area contributed by atoms with E-state index >= 15 is 0 Å². The van der Waals surface area contributed by atoms with Crippen molar-refractivity contribution in [2.24, 2.45) is 0 Å². The van der Waals surface area contributed by atoms with Crippen LogP contribution in [0, 0.1) is 0 Å². The number of carbonyl (C=O) groups excluding carboxylic acids is 2. The molecule has 1 saturated heterocycles. The summed E-state index contributed by atoms with van der Waals surface area (Å²) in [5.41, 5.74) is 3.03. The van der Waals surface area contributed by atoms with Crippen molar-refractivity contribution in [3.63, 3.8) is 0 Å². The molecule has 0 spiro atoms. The monoisotopic (exact) mass is 608 g/mol. The first-order valence-electron chi connectivity index (χ1n) is 12.8. The minimum atomic E-state index is -0.488. The molecular formula is C30H26Cl2N4O4S. The third-order valence-electron chi connectivity index (χ3n) is 6.65. The molecule has 0 aliphatic carbocycles. The molecule has 41 heavy (non-hydrogen) atoms. The number of amides is 2. The van der Waals surface area contributed by atoms with Gasteiger partial charge in [0, 0.05) is 53.7 Å². The van der Waals surface area contributed by atoms with Gasteiger partial charge in [-0.3, -0.25) is 14.9 Å². The van der Waals surface area contributed by atoms with Crippen LogP contribution < -0.4 is 20.3 Å². The van der Waals surface area contributed by atoms with Gasteiger partial charge in [-0.25, -0.2) is 0 Å². The summed E-state index contributed by atoms with van der Waals surface area (Å²) in [7, 11) is 1.60. The average molecular weight is 610 g/mol. The molecule has 2 heterocycles. The first-order chi connectivity index (χ1) is 19.8. The van der Waals surface area contributed by atoms with Crippen LogP contribution >= 0.6 is 35.4 Å². The van der Waals surface area contributed by atoms with E-state index in [9.17, 15) is 9.59 Å². The Kier molecular flexibility index (Phi) is 8.78. The van der Waals surface area contributed by atoms with Gasteiger partial charge in [-0.2, -0.15) is 0 Å². The van der Waals surface area contributed by atoms with E-state index in [-0.39, 0.29) is 16.8 Å². The van der Waals surface area contributed by atoms with Crippen LogP contribution in [0.2, 0.25) is 10.0 Å². The number of ether oxygens (including phenoxy) is 1. The fourth-order valence-electron chi connectivity index (χ4n) is 4.46. The maximum atomic E-state index is 12.8. The number of carbonyl (C=O) groups is 2. The van der Waals surface area contributed by atoms with Gasteiger partial charge in [0.1, 0.15) is 11.5 Å². The summed E-state index contributed by atoms with van der Waals surface area (Å²) < 4.78 is 10.9. The number of piperazine rings is 1. The predicted molar refractivity (Wildman–Crippen MR) is 165 cm³/mol. The molecule has 5 rings (SSSR count). The summed E-state index contributed by atoms with van der Waals surface area (Å²) in [6.45, 7) is 2.68. The van der Waals surface area contributed by atoms with Crippen LogP contribution in [0.3, 0.4) is 0 Å². The molecule has 8 nitrogen and oxygen atoms in total. The normalized spacial score (nSPS) is 13.0. The predicted octanol–water partition coefficient (Wildman–Crippen LogP) is 6.35.